The Kier molecular flexibility index (Phi) is 7.11. The number of carbonyl (C=O) groups is 3. The van der Waals surface area contributed by atoms with Crippen molar-refractivity contribution in [2.24, 2.45) is 0 Å². The monoisotopic (exact) mass is 368 g/mol. The predicted octanol–water partition coefficient (Wildman–Crippen LogP) is 3.57. The lowest BCUT2D eigenvalue weighted by Gasteiger charge is -2.14. The summed E-state index contributed by atoms with van der Waals surface area (Å²) in [5, 5.41) is 5.49. The van der Waals surface area contributed by atoms with E-state index in [9.17, 15) is 14.4 Å². The van der Waals surface area contributed by atoms with Crippen LogP contribution in [0.2, 0.25) is 0 Å². The van der Waals surface area contributed by atoms with Gasteiger partial charge in [0.25, 0.3) is 0 Å². The fourth-order valence-electron chi connectivity index (χ4n) is 2.78. The van der Waals surface area contributed by atoms with Gasteiger partial charge >= 0.3 is 5.97 Å². The fraction of sp³-hybridized carbons (Fsp3) is 0.286. The zero-order chi connectivity index (χ0) is 19.8. The van der Waals surface area contributed by atoms with Crippen LogP contribution in [0, 0.1) is 0 Å². The summed E-state index contributed by atoms with van der Waals surface area (Å²) in [6.45, 7) is 4.04. The first-order valence-electron chi connectivity index (χ1n) is 8.87. The standard InChI is InChI=1S/C21H24N2O4/c1-4-14-8-6-9-15(5-2)20(14)23-19(25)13-18(24)22-17-11-7-10-16(12-17)21(26)27-3/h6-12H,4-5,13H2,1-3H3,(H,22,24)(H,23,25). The van der Waals surface area contributed by atoms with Crippen LogP contribution in [0.4, 0.5) is 11.4 Å². The molecular weight excluding hydrogens is 344 g/mol. The van der Waals surface area contributed by atoms with Crippen molar-refractivity contribution in [3.8, 4) is 0 Å². The number of hydrogen-bond donors (Lipinski definition) is 2. The largest absolute Gasteiger partial charge is 0.465 e. The van der Waals surface area contributed by atoms with Crippen LogP contribution in [0.1, 0.15) is 41.8 Å². The first kappa shape index (κ1) is 20.2. The van der Waals surface area contributed by atoms with Gasteiger partial charge in [0, 0.05) is 11.4 Å². The molecule has 6 heteroatoms. The molecule has 27 heavy (non-hydrogen) atoms. The smallest absolute Gasteiger partial charge is 0.337 e. The molecule has 0 aliphatic rings. The van der Waals surface area contributed by atoms with E-state index in [1.165, 1.54) is 13.2 Å². The van der Waals surface area contributed by atoms with Crippen LogP contribution in [0.15, 0.2) is 42.5 Å². The summed E-state index contributed by atoms with van der Waals surface area (Å²) in [6, 6.07) is 12.3. The van der Waals surface area contributed by atoms with Gasteiger partial charge in [-0.15, -0.1) is 0 Å². The maximum Gasteiger partial charge on any atom is 0.337 e. The Hall–Kier alpha value is -3.15. The second-order valence-electron chi connectivity index (χ2n) is 6.00. The van der Waals surface area contributed by atoms with Crippen molar-refractivity contribution in [2.45, 2.75) is 33.1 Å². The van der Waals surface area contributed by atoms with E-state index >= 15 is 0 Å². The number of esters is 1. The number of anilines is 2. The van der Waals surface area contributed by atoms with Crippen molar-refractivity contribution in [2.75, 3.05) is 17.7 Å². The predicted molar refractivity (Wildman–Crippen MR) is 105 cm³/mol. The highest BCUT2D eigenvalue weighted by molar-refractivity contribution is 6.08. The molecule has 2 amide bonds. The quantitative estimate of drug-likeness (QED) is 0.578. The minimum absolute atomic E-state index is 0.316. The number of hydrogen-bond acceptors (Lipinski definition) is 4. The average molecular weight is 368 g/mol. The van der Waals surface area contributed by atoms with Gasteiger partial charge in [0.1, 0.15) is 6.42 Å². The third-order valence-corrected chi connectivity index (χ3v) is 4.15. The molecule has 0 heterocycles. The highest BCUT2D eigenvalue weighted by Gasteiger charge is 2.14. The van der Waals surface area contributed by atoms with Gasteiger partial charge in [-0.1, -0.05) is 38.1 Å². The van der Waals surface area contributed by atoms with Gasteiger partial charge in [0.15, 0.2) is 0 Å². The van der Waals surface area contributed by atoms with Crippen LogP contribution >= 0.6 is 0 Å². The average Bonchev–Trinajstić information content (AvgIpc) is 2.67. The lowest BCUT2D eigenvalue weighted by Crippen LogP contribution is -2.22. The van der Waals surface area contributed by atoms with E-state index in [2.05, 4.69) is 15.4 Å². The molecule has 0 atom stereocenters. The number of amides is 2. The summed E-state index contributed by atoms with van der Waals surface area (Å²) in [7, 11) is 1.29. The Morgan fingerprint density at radius 2 is 1.48 bits per heavy atom. The lowest BCUT2D eigenvalue weighted by atomic mass is 10.0. The zero-order valence-electron chi connectivity index (χ0n) is 15.8. The Morgan fingerprint density at radius 1 is 0.889 bits per heavy atom. The fourth-order valence-corrected chi connectivity index (χ4v) is 2.78. The number of benzene rings is 2. The van der Waals surface area contributed by atoms with Crippen molar-refractivity contribution >= 4 is 29.2 Å². The van der Waals surface area contributed by atoms with Gasteiger partial charge in [-0.2, -0.15) is 0 Å². The summed E-state index contributed by atoms with van der Waals surface area (Å²) in [5.41, 5.74) is 3.61. The Bertz CT molecular complexity index is 824. The van der Waals surface area contributed by atoms with Crippen molar-refractivity contribution in [3.05, 3.63) is 59.2 Å². The van der Waals surface area contributed by atoms with E-state index in [1.807, 2.05) is 32.0 Å². The topological polar surface area (TPSA) is 84.5 Å². The molecule has 2 aromatic rings. The Labute approximate surface area is 158 Å². The number of methoxy groups -OCH3 is 1. The third-order valence-electron chi connectivity index (χ3n) is 4.15. The summed E-state index contributed by atoms with van der Waals surface area (Å²) in [6.07, 6.45) is 1.26. The summed E-state index contributed by atoms with van der Waals surface area (Å²) < 4.78 is 4.66. The van der Waals surface area contributed by atoms with E-state index in [0.29, 0.717) is 11.3 Å². The number of carbonyl (C=O) groups excluding carboxylic acids is 3. The molecule has 2 rings (SSSR count). The van der Waals surface area contributed by atoms with Gasteiger partial charge in [0.05, 0.1) is 12.7 Å². The molecule has 2 N–H and O–H groups in total. The number of para-hydroxylation sites is 1. The highest BCUT2D eigenvalue weighted by Crippen LogP contribution is 2.22. The molecule has 0 saturated carbocycles. The second-order valence-corrected chi connectivity index (χ2v) is 6.00. The molecular formula is C21H24N2O4. The van der Waals surface area contributed by atoms with E-state index < -0.39 is 11.9 Å². The van der Waals surface area contributed by atoms with Crippen LogP contribution < -0.4 is 10.6 Å². The molecule has 0 bridgehead atoms. The van der Waals surface area contributed by atoms with Crippen LogP contribution in [0.3, 0.4) is 0 Å². The van der Waals surface area contributed by atoms with Crippen LogP contribution in [-0.2, 0) is 27.2 Å². The molecule has 0 unspecified atom stereocenters. The van der Waals surface area contributed by atoms with E-state index in [-0.39, 0.29) is 12.3 Å². The van der Waals surface area contributed by atoms with Crippen molar-refractivity contribution < 1.29 is 19.1 Å². The van der Waals surface area contributed by atoms with Gasteiger partial charge in [0.2, 0.25) is 11.8 Å². The SMILES string of the molecule is CCc1cccc(CC)c1NC(=O)CC(=O)Nc1cccc(C(=O)OC)c1. The first-order valence-corrected chi connectivity index (χ1v) is 8.87. The van der Waals surface area contributed by atoms with Crippen LogP contribution in [0.25, 0.3) is 0 Å². The van der Waals surface area contributed by atoms with Gasteiger partial charge in [-0.05, 0) is 42.2 Å². The number of aryl methyl sites for hydroxylation is 2. The van der Waals surface area contributed by atoms with Crippen LogP contribution in [-0.4, -0.2) is 24.9 Å². The maximum absolute atomic E-state index is 12.3. The maximum atomic E-state index is 12.3. The normalized spacial score (nSPS) is 10.2. The molecule has 0 spiro atoms. The molecule has 142 valence electrons. The van der Waals surface area contributed by atoms with E-state index in [0.717, 1.165) is 29.7 Å². The number of ether oxygens (including phenoxy) is 1. The van der Waals surface area contributed by atoms with Crippen molar-refractivity contribution in [1.82, 2.24) is 0 Å². The van der Waals surface area contributed by atoms with Crippen LogP contribution in [0.5, 0.6) is 0 Å². The van der Waals surface area contributed by atoms with Crippen molar-refractivity contribution in [1.29, 1.82) is 0 Å². The van der Waals surface area contributed by atoms with E-state index in [4.69, 9.17) is 0 Å². The minimum Gasteiger partial charge on any atom is -0.465 e. The van der Waals surface area contributed by atoms with Gasteiger partial charge in [-0.3, -0.25) is 9.59 Å². The third kappa shape index (κ3) is 5.41. The Morgan fingerprint density at radius 3 is 2.07 bits per heavy atom. The summed E-state index contributed by atoms with van der Waals surface area (Å²) in [4.78, 5) is 36.1. The van der Waals surface area contributed by atoms with Gasteiger partial charge < -0.3 is 15.4 Å². The minimum atomic E-state index is -0.493. The molecule has 0 aromatic heterocycles. The number of nitrogens with one attached hydrogen (secondary N) is 2. The second kappa shape index (κ2) is 9.52. The lowest BCUT2D eigenvalue weighted by molar-refractivity contribution is -0.123. The molecule has 0 aliphatic carbocycles. The number of rotatable bonds is 7. The first-order chi connectivity index (χ1) is 13.0. The molecule has 6 nitrogen and oxygen atoms in total. The Balaban J connectivity index is 2.03. The van der Waals surface area contributed by atoms with Gasteiger partial charge in [-0.25, -0.2) is 4.79 Å². The zero-order valence-corrected chi connectivity index (χ0v) is 15.8. The molecule has 0 aliphatic heterocycles. The molecule has 2 aromatic carbocycles. The summed E-state index contributed by atoms with van der Waals surface area (Å²) >= 11 is 0. The highest BCUT2D eigenvalue weighted by atomic mass is 16.5. The molecule has 0 saturated heterocycles. The molecule has 0 fully saturated rings. The van der Waals surface area contributed by atoms with Crippen molar-refractivity contribution in [3.63, 3.8) is 0 Å². The summed E-state index contributed by atoms with van der Waals surface area (Å²) in [5.74, 6) is -1.33. The van der Waals surface area contributed by atoms with E-state index in [1.54, 1.807) is 18.2 Å². The molecule has 0 radical (unpaired) electrons.